The lowest BCUT2D eigenvalue weighted by molar-refractivity contribution is -0.146. The zero-order chi connectivity index (χ0) is 17.1. The standard InChI is InChI=1S/C19H24N2O3/c1-12-8-10-15(11-9-12)24-18(22)16-13(2)20-19(23)21-17(16)14-6-4-3-5-7-14/h3-7,12,15,17H,8-11H2,1-2H3,(H2,20,21,23)/t12?,15?,17-/m1/s1. The Morgan fingerprint density at radius 1 is 1.12 bits per heavy atom. The van der Waals surface area contributed by atoms with Gasteiger partial charge in [-0.05, 0) is 44.1 Å². The van der Waals surface area contributed by atoms with Crippen molar-refractivity contribution in [1.82, 2.24) is 10.6 Å². The molecule has 3 rings (SSSR count). The maximum atomic E-state index is 12.8. The van der Waals surface area contributed by atoms with E-state index in [9.17, 15) is 9.59 Å². The average Bonchev–Trinajstić information content (AvgIpc) is 2.57. The molecule has 128 valence electrons. The van der Waals surface area contributed by atoms with Gasteiger partial charge in [0.05, 0.1) is 11.6 Å². The first-order chi connectivity index (χ1) is 11.5. The molecule has 1 heterocycles. The molecule has 5 heteroatoms. The number of nitrogens with one attached hydrogen (secondary N) is 2. The maximum absolute atomic E-state index is 12.8. The first-order valence-corrected chi connectivity index (χ1v) is 8.59. The van der Waals surface area contributed by atoms with E-state index in [1.165, 1.54) is 0 Å². The van der Waals surface area contributed by atoms with Gasteiger partial charge < -0.3 is 15.4 Å². The summed E-state index contributed by atoms with van der Waals surface area (Å²) in [6, 6.07) is 8.72. The van der Waals surface area contributed by atoms with Crippen LogP contribution >= 0.6 is 0 Å². The SMILES string of the molecule is CC1=C(C(=O)OC2CCC(C)CC2)[C@@H](c2ccccc2)NC(=O)N1. The Labute approximate surface area is 142 Å². The fourth-order valence-electron chi connectivity index (χ4n) is 3.42. The number of amides is 2. The van der Waals surface area contributed by atoms with Gasteiger partial charge in [0.2, 0.25) is 0 Å². The number of carbonyl (C=O) groups is 2. The van der Waals surface area contributed by atoms with Gasteiger partial charge in [-0.2, -0.15) is 0 Å². The molecule has 0 radical (unpaired) electrons. The van der Waals surface area contributed by atoms with Gasteiger partial charge in [-0.15, -0.1) is 0 Å². The van der Waals surface area contributed by atoms with Crippen LogP contribution in [0.1, 0.15) is 51.1 Å². The number of benzene rings is 1. The van der Waals surface area contributed by atoms with Crippen molar-refractivity contribution in [2.45, 2.75) is 51.7 Å². The summed E-state index contributed by atoms with van der Waals surface area (Å²) in [7, 11) is 0. The molecule has 2 N–H and O–H groups in total. The van der Waals surface area contributed by atoms with Crippen LogP contribution in [-0.2, 0) is 9.53 Å². The molecule has 1 aromatic carbocycles. The van der Waals surface area contributed by atoms with Crippen LogP contribution in [0.2, 0.25) is 0 Å². The normalized spacial score (nSPS) is 27.2. The van der Waals surface area contributed by atoms with E-state index in [1.54, 1.807) is 6.92 Å². The number of rotatable bonds is 3. The monoisotopic (exact) mass is 328 g/mol. The first kappa shape index (κ1) is 16.6. The molecule has 0 aromatic heterocycles. The quantitative estimate of drug-likeness (QED) is 0.835. The number of hydrogen-bond acceptors (Lipinski definition) is 3. The molecule has 5 nitrogen and oxygen atoms in total. The Hall–Kier alpha value is -2.30. The molecule has 0 unspecified atom stereocenters. The molecule has 0 spiro atoms. The molecule has 24 heavy (non-hydrogen) atoms. The van der Waals surface area contributed by atoms with Crippen LogP contribution < -0.4 is 10.6 Å². The van der Waals surface area contributed by atoms with Gasteiger partial charge in [-0.25, -0.2) is 9.59 Å². The van der Waals surface area contributed by atoms with Crippen LogP contribution in [0.5, 0.6) is 0 Å². The van der Waals surface area contributed by atoms with Crippen molar-refractivity contribution in [3.05, 3.63) is 47.2 Å². The Kier molecular flexibility index (Phi) is 4.88. The first-order valence-electron chi connectivity index (χ1n) is 8.59. The van der Waals surface area contributed by atoms with E-state index in [0.717, 1.165) is 31.2 Å². The molecule has 1 aliphatic carbocycles. The number of hydrogen-bond donors (Lipinski definition) is 2. The predicted molar refractivity (Wildman–Crippen MR) is 91.1 cm³/mol. The largest absolute Gasteiger partial charge is 0.459 e. The Balaban J connectivity index is 1.80. The third-order valence-corrected chi connectivity index (χ3v) is 4.86. The summed E-state index contributed by atoms with van der Waals surface area (Å²) in [5.74, 6) is 0.363. The third kappa shape index (κ3) is 3.61. The molecule has 2 amide bonds. The zero-order valence-corrected chi connectivity index (χ0v) is 14.2. The van der Waals surface area contributed by atoms with Gasteiger partial charge in [0.1, 0.15) is 6.10 Å². The molecule has 1 saturated carbocycles. The summed E-state index contributed by atoms with van der Waals surface area (Å²) in [6.45, 7) is 3.98. The van der Waals surface area contributed by atoms with Crippen molar-refractivity contribution < 1.29 is 14.3 Å². The lowest BCUT2D eigenvalue weighted by Gasteiger charge is -2.31. The Bertz CT molecular complexity index is 646. The number of allylic oxidation sites excluding steroid dienone is 1. The summed E-state index contributed by atoms with van der Waals surface area (Å²) in [4.78, 5) is 24.6. The Morgan fingerprint density at radius 2 is 1.79 bits per heavy atom. The van der Waals surface area contributed by atoms with Crippen LogP contribution in [0.15, 0.2) is 41.6 Å². The predicted octanol–water partition coefficient (Wildman–Crippen LogP) is 3.44. The summed E-state index contributed by atoms with van der Waals surface area (Å²) < 4.78 is 5.75. The van der Waals surface area contributed by atoms with Crippen LogP contribution in [0, 0.1) is 5.92 Å². The summed E-state index contributed by atoms with van der Waals surface area (Å²) in [5, 5.41) is 5.51. The van der Waals surface area contributed by atoms with Gasteiger partial charge in [0, 0.05) is 5.70 Å². The molecular weight excluding hydrogens is 304 g/mol. The van der Waals surface area contributed by atoms with Crippen molar-refractivity contribution in [2.24, 2.45) is 5.92 Å². The second-order valence-corrected chi connectivity index (χ2v) is 6.77. The highest BCUT2D eigenvalue weighted by Crippen LogP contribution is 2.30. The second-order valence-electron chi connectivity index (χ2n) is 6.77. The molecule has 0 saturated heterocycles. The lowest BCUT2D eigenvalue weighted by atomic mass is 9.89. The minimum Gasteiger partial charge on any atom is -0.459 e. The van der Waals surface area contributed by atoms with Crippen LogP contribution in [0.4, 0.5) is 4.79 Å². The number of esters is 1. The van der Waals surface area contributed by atoms with Crippen LogP contribution in [-0.4, -0.2) is 18.1 Å². The van der Waals surface area contributed by atoms with E-state index in [0.29, 0.717) is 17.2 Å². The van der Waals surface area contributed by atoms with E-state index in [-0.39, 0.29) is 18.1 Å². The molecule has 1 atom stereocenters. The van der Waals surface area contributed by atoms with E-state index in [4.69, 9.17) is 4.74 Å². The zero-order valence-electron chi connectivity index (χ0n) is 14.2. The Morgan fingerprint density at radius 3 is 2.46 bits per heavy atom. The van der Waals surface area contributed by atoms with E-state index in [2.05, 4.69) is 17.6 Å². The molecule has 1 aromatic rings. The van der Waals surface area contributed by atoms with Gasteiger partial charge in [0.25, 0.3) is 0 Å². The average molecular weight is 328 g/mol. The van der Waals surface area contributed by atoms with E-state index in [1.807, 2.05) is 30.3 Å². The topological polar surface area (TPSA) is 67.4 Å². The number of carbonyl (C=O) groups excluding carboxylic acids is 2. The smallest absolute Gasteiger partial charge is 0.338 e. The van der Waals surface area contributed by atoms with Crippen LogP contribution in [0.3, 0.4) is 0 Å². The van der Waals surface area contributed by atoms with Crippen molar-refractivity contribution in [3.8, 4) is 0 Å². The summed E-state index contributed by atoms with van der Waals surface area (Å²) in [5.41, 5.74) is 1.91. The van der Waals surface area contributed by atoms with Crippen molar-refractivity contribution in [1.29, 1.82) is 0 Å². The van der Waals surface area contributed by atoms with Crippen molar-refractivity contribution in [3.63, 3.8) is 0 Å². The number of ether oxygens (including phenoxy) is 1. The highest BCUT2D eigenvalue weighted by atomic mass is 16.5. The molecule has 1 fully saturated rings. The molecule has 2 aliphatic rings. The highest BCUT2D eigenvalue weighted by Gasteiger charge is 2.33. The molecule has 0 bridgehead atoms. The van der Waals surface area contributed by atoms with Gasteiger partial charge in [0.15, 0.2) is 0 Å². The molecule has 1 aliphatic heterocycles. The summed E-state index contributed by atoms with van der Waals surface area (Å²) >= 11 is 0. The van der Waals surface area contributed by atoms with Gasteiger partial charge in [-0.1, -0.05) is 37.3 Å². The van der Waals surface area contributed by atoms with E-state index >= 15 is 0 Å². The summed E-state index contributed by atoms with van der Waals surface area (Å²) in [6.07, 6.45) is 3.98. The second kappa shape index (κ2) is 7.07. The molecular formula is C19H24N2O3. The van der Waals surface area contributed by atoms with Gasteiger partial charge >= 0.3 is 12.0 Å². The maximum Gasteiger partial charge on any atom is 0.338 e. The minimum atomic E-state index is -0.477. The minimum absolute atomic E-state index is 0.0250. The number of urea groups is 1. The fraction of sp³-hybridized carbons (Fsp3) is 0.474. The van der Waals surface area contributed by atoms with Crippen LogP contribution in [0.25, 0.3) is 0 Å². The van der Waals surface area contributed by atoms with Crippen molar-refractivity contribution in [2.75, 3.05) is 0 Å². The lowest BCUT2D eigenvalue weighted by Crippen LogP contribution is -2.45. The van der Waals surface area contributed by atoms with E-state index < -0.39 is 6.04 Å². The van der Waals surface area contributed by atoms with Crippen molar-refractivity contribution >= 4 is 12.0 Å². The highest BCUT2D eigenvalue weighted by molar-refractivity contribution is 5.95. The van der Waals surface area contributed by atoms with Gasteiger partial charge in [-0.3, -0.25) is 0 Å². The fourth-order valence-corrected chi connectivity index (χ4v) is 3.42. The third-order valence-electron chi connectivity index (χ3n) is 4.86.